The summed E-state index contributed by atoms with van der Waals surface area (Å²) in [5, 5.41) is 0. The number of rotatable bonds is 4. The molecule has 1 saturated carbocycles. The molecule has 0 radical (unpaired) electrons. The SMILES string of the molecule is CCCC[C@H]1C[C@H](C(C)=O)C1. The summed E-state index contributed by atoms with van der Waals surface area (Å²) in [7, 11) is 0. The van der Waals surface area contributed by atoms with Gasteiger partial charge in [0.05, 0.1) is 0 Å². The fourth-order valence-electron chi connectivity index (χ4n) is 1.80. The zero-order chi connectivity index (χ0) is 8.27. The fourth-order valence-corrected chi connectivity index (χ4v) is 1.80. The van der Waals surface area contributed by atoms with Gasteiger partial charge in [-0.1, -0.05) is 26.2 Å². The predicted molar refractivity (Wildman–Crippen MR) is 46.4 cm³/mol. The van der Waals surface area contributed by atoms with E-state index in [9.17, 15) is 4.79 Å². The third-order valence-electron chi connectivity index (χ3n) is 2.78. The van der Waals surface area contributed by atoms with Gasteiger partial charge in [0.2, 0.25) is 0 Å². The van der Waals surface area contributed by atoms with E-state index in [0.29, 0.717) is 11.7 Å². The lowest BCUT2D eigenvalue weighted by Gasteiger charge is -2.33. The molecule has 0 atom stereocenters. The highest BCUT2D eigenvalue weighted by Gasteiger charge is 2.31. The lowest BCUT2D eigenvalue weighted by molar-refractivity contribution is -0.124. The molecule has 1 rings (SSSR count). The number of hydrogen-bond donors (Lipinski definition) is 0. The van der Waals surface area contributed by atoms with Crippen molar-refractivity contribution in [1.82, 2.24) is 0 Å². The van der Waals surface area contributed by atoms with E-state index in [1.54, 1.807) is 6.92 Å². The molecule has 1 aliphatic carbocycles. The maximum Gasteiger partial charge on any atom is 0.132 e. The molecule has 0 aromatic heterocycles. The first kappa shape index (κ1) is 8.76. The quantitative estimate of drug-likeness (QED) is 0.608. The first-order valence-electron chi connectivity index (χ1n) is 4.74. The van der Waals surface area contributed by atoms with E-state index in [-0.39, 0.29) is 0 Å². The van der Waals surface area contributed by atoms with Crippen molar-refractivity contribution in [3.05, 3.63) is 0 Å². The monoisotopic (exact) mass is 154 g/mol. The van der Waals surface area contributed by atoms with Gasteiger partial charge in [0.15, 0.2) is 0 Å². The van der Waals surface area contributed by atoms with Crippen LogP contribution in [0.4, 0.5) is 0 Å². The molecule has 0 spiro atoms. The Hall–Kier alpha value is -0.330. The van der Waals surface area contributed by atoms with Crippen LogP contribution < -0.4 is 0 Å². The van der Waals surface area contributed by atoms with Crippen molar-refractivity contribution < 1.29 is 4.79 Å². The van der Waals surface area contributed by atoms with Crippen LogP contribution in [0.5, 0.6) is 0 Å². The van der Waals surface area contributed by atoms with Crippen molar-refractivity contribution in [3.63, 3.8) is 0 Å². The molecule has 1 heteroatoms. The second-order valence-electron chi connectivity index (χ2n) is 3.79. The Labute approximate surface area is 69.2 Å². The first-order chi connectivity index (χ1) is 5.24. The second kappa shape index (κ2) is 3.89. The van der Waals surface area contributed by atoms with Gasteiger partial charge in [0.1, 0.15) is 5.78 Å². The van der Waals surface area contributed by atoms with Crippen LogP contribution in [0.15, 0.2) is 0 Å². The van der Waals surface area contributed by atoms with E-state index in [0.717, 1.165) is 5.92 Å². The van der Waals surface area contributed by atoms with Crippen molar-refractivity contribution in [2.24, 2.45) is 11.8 Å². The Bertz CT molecular complexity index is 134. The second-order valence-corrected chi connectivity index (χ2v) is 3.79. The Morgan fingerprint density at radius 2 is 2.09 bits per heavy atom. The highest BCUT2D eigenvalue weighted by Crippen LogP contribution is 2.37. The molecule has 0 unspecified atom stereocenters. The van der Waals surface area contributed by atoms with Gasteiger partial charge in [-0.25, -0.2) is 0 Å². The molecule has 0 aromatic carbocycles. The predicted octanol–water partition coefficient (Wildman–Crippen LogP) is 2.79. The summed E-state index contributed by atoms with van der Waals surface area (Å²) in [6.45, 7) is 3.95. The number of Topliss-reactive ketones (excluding diaryl/α,β-unsaturated/α-hetero) is 1. The van der Waals surface area contributed by atoms with Gasteiger partial charge in [-0.2, -0.15) is 0 Å². The molecule has 0 saturated heterocycles. The molecule has 0 aliphatic heterocycles. The lowest BCUT2D eigenvalue weighted by Crippen LogP contribution is -2.28. The van der Waals surface area contributed by atoms with Crippen LogP contribution in [0.2, 0.25) is 0 Å². The van der Waals surface area contributed by atoms with Crippen LogP contribution in [-0.2, 0) is 4.79 Å². The lowest BCUT2D eigenvalue weighted by atomic mass is 9.71. The van der Waals surface area contributed by atoms with E-state index in [1.165, 1.54) is 32.1 Å². The van der Waals surface area contributed by atoms with Crippen LogP contribution in [0.1, 0.15) is 46.0 Å². The number of carbonyl (C=O) groups is 1. The zero-order valence-electron chi connectivity index (χ0n) is 7.60. The third kappa shape index (κ3) is 2.32. The van der Waals surface area contributed by atoms with E-state index in [4.69, 9.17) is 0 Å². The third-order valence-corrected chi connectivity index (χ3v) is 2.78. The number of hydrogen-bond acceptors (Lipinski definition) is 1. The first-order valence-corrected chi connectivity index (χ1v) is 4.74. The number of unbranched alkanes of at least 4 members (excludes halogenated alkanes) is 1. The Balaban J connectivity index is 2.05. The van der Waals surface area contributed by atoms with Gasteiger partial charge in [-0.3, -0.25) is 4.79 Å². The molecule has 64 valence electrons. The minimum absolute atomic E-state index is 0.401. The molecule has 0 bridgehead atoms. The van der Waals surface area contributed by atoms with E-state index in [1.807, 2.05) is 0 Å². The van der Waals surface area contributed by atoms with Gasteiger partial charge in [-0.05, 0) is 25.7 Å². The van der Waals surface area contributed by atoms with E-state index >= 15 is 0 Å². The van der Waals surface area contributed by atoms with Gasteiger partial charge in [-0.15, -0.1) is 0 Å². The molecular weight excluding hydrogens is 136 g/mol. The molecule has 0 heterocycles. The summed E-state index contributed by atoms with van der Waals surface area (Å²) in [4.78, 5) is 10.8. The van der Waals surface area contributed by atoms with Gasteiger partial charge in [0.25, 0.3) is 0 Å². The van der Waals surface area contributed by atoms with Crippen molar-refractivity contribution in [3.8, 4) is 0 Å². The van der Waals surface area contributed by atoms with Crippen molar-refractivity contribution in [2.45, 2.75) is 46.0 Å². The van der Waals surface area contributed by atoms with Crippen molar-refractivity contribution in [1.29, 1.82) is 0 Å². The van der Waals surface area contributed by atoms with Crippen molar-refractivity contribution >= 4 is 5.78 Å². The molecule has 0 N–H and O–H groups in total. The summed E-state index contributed by atoms with van der Waals surface area (Å²) in [5.74, 6) is 1.71. The summed E-state index contributed by atoms with van der Waals surface area (Å²) in [6.07, 6.45) is 6.33. The zero-order valence-corrected chi connectivity index (χ0v) is 7.60. The smallest absolute Gasteiger partial charge is 0.132 e. The summed E-state index contributed by atoms with van der Waals surface area (Å²) in [6, 6.07) is 0. The van der Waals surface area contributed by atoms with Crippen LogP contribution >= 0.6 is 0 Å². The number of carbonyl (C=O) groups excluding carboxylic acids is 1. The van der Waals surface area contributed by atoms with Gasteiger partial charge in [0, 0.05) is 5.92 Å². The topological polar surface area (TPSA) is 17.1 Å². The number of ketones is 1. The normalized spacial score (nSPS) is 29.6. The molecule has 1 aliphatic rings. The van der Waals surface area contributed by atoms with Crippen LogP contribution in [0, 0.1) is 11.8 Å². The maximum atomic E-state index is 10.8. The van der Waals surface area contributed by atoms with Gasteiger partial charge < -0.3 is 0 Å². The summed E-state index contributed by atoms with van der Waals surface area (Å²) >= 11 is 0. The largest absolute Gasteiger partial charge is 0.300 e. The molecule has 11 heavy (non-hydrogen) atoms. The summed E-state index contributed by atoms with van der Waals surface area (Å²) < 4.78 is 0. The Morgan fingerprint density at radius 3 is 2.55 bits per heavy atom. The molecular formula is C10H18O. The molecule has 0 amide bonds. The fraction of sp³-hybridized carbons (Fsp3) is 0.900. The highest BCUT2D eigenvalue weighted by molar-refractivity contribution is 5.79. The average Bonchev–Trinajstić information content (AvgIpc) is 1.84. The van der Waals surface area contributed by atoms with Crippen LogP contribution in [0.3, 0.4) is 0 Å². The standard InChI is InChI=1S/C10H18O/c1-3-4-5-9-6-10(7-9)8(2)11/h9-10H,3-7H2,1-2H3/t9-,10-. The minimum atomic E-state index is 0.401. The average molecular weight is 154 g/mol. The molecule has 0 aromatic rings. The Morgan fingerprint density at radius 1 is 1.45 bits per heavy atom. The Kier molecular flexibility index (Phi) is 3.10. The highest BCUT2D eigenvalue weighted by atomic mass is 16.1. The molecule has 1 nitrogen and oxygen atoms in total. The molecule has 1 fully saturated rings. The van der Waals surface area contributed by atoms with E-state index in [2.05, 4.69) is 6.92 Å². The van der Waals surface area contributed by atoms with Crippen LogP contribution in [-0.4, -0.2) is 5.78 Å². The minimum Gasteiger partial charge on any atom is -0.300 e. The van der Waals surface area contributed by atoms with Crippen molar-refractivity contribution in [2.75, 3.05) is 0 Å². The van der Waals surface area contributed by atoms with E-state index < -0.39 is 0 Å². The maximum absolute atomic E-state index is 10.8. The summed E-state index contributed by atoms with van der Waals surface area (Å²) in [5.41, 5.74) is 0. The van der Waals surface area contributed by atoms with Crippen LogP contribution in [0.25, 0.3) is 0 Å². The van der Waals surface area contributed by atoms with Gasteiger partial charge >= 0.3 is 0 Å².